The van der Waals surface area contributed by atoms with Gasteiger partial charge in [0.15, 0.2) is 5.76 Å². The molecule has 2 rings (SSSR count). The molecule has 0 saturated carbocycles. The van der Waals surface area contributed by atoms with Gasteiger partial charge in [0.25, 0.3) is 5.91 Å². The Labute approximate surface area is 125 Å². The van der Waals surface area contributed by atoms with Crippen LogP contribution in [0.4, 0.5) is 5.88 Å². The summed E-state index contributed by atoms with van der Waals surface area (Å²) in [6.07, 6.45) is 1.18. The van der Waals surface area contributed by atoms with Gasteiger partial charge in [-0.25, -0.2) is 5.43 Å². The van der Waals surface area contributed by atoms with Gasteiger partial charge in [0.2, 0.25) is 0 Å². The van der Waals surface area contributed by atoms with Crippen molar-refractivity contribution in [3.8, 4) is 5.75 Å². The summed E-state index contributed by atoms with van der Waals surface area (Å²) in [6.45, 7) is 2.42. The topological polar surface area (TPSA) is 107 Å². The third kappa shape index (κ3) is 3.92. The number of rotatable bonds is 6. The van der Waals surface area contributed by atoms with Crippen molar-refractivity contribution in [3.05, 3.63) is 57.8 Å². The Morgan fingerprint density at radius 3 is 2.68 bits per heavy atom. The lowest BCUT2D eigenvalue weighted by Gasteiger charge is -2.03. The summed E-state index contributed by atoms with van der Waals surface area (Å²) in [6, 6.07) is 9.15. The highest BCUT2D eigenvalue weighted by Crippen LogP contribution is 2.14. The smallest absolute Gasteiger partial charge is 0.433 e. The van der Waals surface area contributed by atoms with Crippen LogP contribution in [0.1, 0.15) is 23.0 Å². The summed E-state index contributed by atoms with van der Waals surface area (Å²) in [5.41, 5.74) is 2.71. The predicted molar refractivity (Wildman–Crippen MR) is 78.0 cm³/mol. The van der Waals surface area contributed by atoms with E-state index in [2.05, 4.69) is 10.5 Å². The highest BCUT2D eigenvalue weighted by Gasteiger charge is 2.10. The molecule has 1 N–H and O–H groups in total. The molecule has 8 nitrogen and oxygen atoms in total. The fourth-order valence-corrected chi connectivity index (χ4v) is 1.60. The number of nitrogens with zero attached hydrogens (tertiary/aromatic N) is 2. The van der Waals surface area contributed by atoms with E-state index in [-0.39, 0.29) is 11.6 Å². The molecular weight excluding hydrogens is 290 g/mol. The van der Waals surface area contributed by atoms with E-state index in [4.69, 9.17) is 9.15 Å². The van der Waals surface area contributed by atoms with Crippen LogP contribution < -0.4 is 10.2 Å². The van der Waals surface area contributed by atoms with Crippen LogP contribution in [0.3, 0.4) is 0 Å². The number of amides is 1. The number of nitro groups is 1. The van der Waals surface area contributed by atoms with Crippen LogP contribution >= 0.6 is 0 Å². The first-order chi connectivity index (χ1) is 10.6. The second-order valence-electron chi connectivity index (χ2n) is 4.09. The van der Waals surface area contributed by atoms with Crippen molar-refractivity contribution < 1.29 is 18.9 Å². The molecule has 1 heterocycles. The van der Waals surface area contributed by atoms with Crippen molar-refractivity contribution in [3.63, 3.8) is 0 Å². The van der Waals surface area contributed by atoms with E-state index in [0.29, 0.717) is 17.9 Å². The summed E-state index contributed by atoms with van der Waals surface area (Å²) in [7, 11) is 0. The maximum atomic E-state index is 11.8. The second-order valence-corrected chi connectivity index (χ2v) is 4.09. The van der Waals surface area contributed by atoms with Crippen LogP contribution in [-0.4, -0.2) is 23.7 Å². The number of carbonyl (C=O) groups is 1. The number of ether oxygens (including phenoxy) is 1. The number of carbonyl (C=O) groups excluding carboxylic acids is 1. The molecular formula is C14H13N3O5. The standard InChI is InChI=1S/C14H13N3O5/c1-2-21-11-5-3-10(4-6-11)14(18)16-15-9-12-7-8-13(22-12)17(19)20/h3-9H,2H2,1H3,(H,16,18)/b15-9-. The average molecular weight is 303 g/mol. The molecule has 0 unspecified atom stereocenters. The van der Waals surface area contributed by atoms with Gasteiger partial charge < -0.3 is 9.15 Å². The van der Waals surface area contributed by atoms with E-state index >= 15 is 0 Å². The highest BCUT2D eigenvalue weighted by atomic mass is 16.6. The molecule has 0 aliphatic carbocycles. The van der Waals surface area contributed by atoms with Gasteiger partial charge in [-0.15, -0.1) is 0 Å². The zero-order valence-corrected chi connectivity index (χ0v) is 11.7. The molecule has 0 spiro atoms. The first kappa shape index (κ1) is 15.2. The Morgan fingerprint density at radius 1 is 1.36 bits per heavy atom. The molecule has 22 heavy (non-hydrogen) atoms. The van der Waals surface area contributed by atoms with Crippen LogP contribution in [0, 0.1) is 10.1 Å². The van der Waals surface area contributed by atoms with Gasteiger partial charge in [0.05, 0.1) is 18.9 Å². The first-order valence-corrected chi connectivity index (χ1v) is 6.40. The van der Waals surface area contributed by atoms with E-state index in [1.807, 2.05) is 6.92 Å². The maximum absolute atomic E-state index is 11.8. The molecule has 114 valence electrons. The molecule has 1 amide bonds. The molecule has 0 aliphatic heterocycles. The molecule has 0 atom stereocenters. The molecule has 0 aliphatic rings. The Kier molecular flexibility index (Phi) is 4.86. The molecule has 8 heteroatoms. The number of hydrogen-bond donors (Lipinski definition) is 1. The Morgan fingerprint density at radius 2 is 2.09 bits per heavy atom. The van der Waals surface area contributed by atoms with Gasteiger partial charge in [0.1, 0.15) is 10.7 Å². The van der Waals surface area contributed by atoms with E-state index in [0.717, 1.165) is 0 Å². The predicted octanol–water partition coefficient (Wildman–Crippen LogP) is 2.35. The zero-order valence-electron chi connectivity index (χ0n) is 11.7. The van der Waals surface area contributed by atoms with E-state index in [9.17, 15) is 14.9 Å². The van der Waals surface area contributed by atoms with Gasteiger partial charge in [-0.2, -0.15) is 5.10 Å². The molecule has 0 fully saturated rings. The monoisotopic (exact) mass is 303 g/mol. The summed E-state index contributed by atoms with van der Waals surface area (Å²) in [4.78, 5) is 21.6. The molecule has 1 aromatic heterocycles. The van der Waals surface area contributed by atoms with Crippen LogP contribution in [0.15, 0.2) is 45.9 Å². The number of hydrazone groups is 1. The van der Waals surface area contributed by atoms with Crippen molar-refractivity contribution in [2.75, 3.05) is 6.61 Å². The Balaban J connectivity index is 1.93. The van der Waals surface area contributed by atoms with Crippen molar-refractivity contribution in [2.45, 2.75) is 6.92 Å². The molecule has 2 aromatic rings. The fraction of sp³-hybridized carbons (Fsp3) is 0.143. The summed E-state index contributed by atoms with van der Waals surface area (Å²) < 4.78 is 10.1. The minimum Gasteiger partial charge on any atom is -0.494 e. The van der Waals surface area contributed by atoms with Crippen molar-refractivity contribution in [1.29, 1.82) is 0 Å². The molecule has 0 bridgehead atoms. The third-order valence-electron chi connectivity index (χ3n) is 2.58. The summed E-state index contributed by atoms with van der Waals surface area (Å²) in [5.74, 6) is 0.0313. The van der Waals surface area contributed by atoms with Gasteiger partial charge in [0, 0.05) is 5.56 Å². The number of nitrogens with one attached hydrogen (secondary N) is 1. The van der Waals surface area contributed by atoms with Crippen molar-refractivity contribution in [2.24, 2.45) is 5.10 Å². The van der Waals surface area contributed by atoms with Gasteiger partial charge in [-0.3, -0.25) is 14.9 Å². The lowest BCUT2D eigenvalue weighted by Crippen LogP contribution is -2.17. The van der Waals surface area contributed by atoms with Crippen LogP contribution in [0.5, 0.6) is 5.75 Å². The lowest BCUT2D eigenvalue weighted by atomic mass is 10.2. The molecule has 1 aromatic carbocycles. The maximum Gasteiger partial charge on any atom is 0.433 e. The zero-order chi connectivity index (χ0) is 15.9. The quantitative estimate of drug-likeness (QED) is 0.500. The highest BCUT2D eigenvalue weighted by molar-refractivity contribution is 5.94. The summed E-state index contributed by atoms with van der Waals surface area (Å²) >= 11 is 0. The second kappa shape index (κ2) is 7.02. The van der Waals surface area contributed by atoms with Crippen molar-refractivity contribution >= 4 is 18.0 Å². The lowest BCUT2D eigenvalue weighted by molar-refractivity contribution is -0.402. The number of benzene rings is 1. The van der Waals surface area contributed by atoms with Crippen LogP contribution in [0.2, 0.25) is 0 Å². The SMILES string of the molecule is CCOc1ccc(C(=O)N/N=C\c2ccc([N+](=O)[O-])o2)cc1. The Bertz CT molecular complexity index is 691. The number of furan rings is 1. The van der Waals surface area contributed by atoms with E-state index in [1.165, 1.54) is 18.3 Å². The van der Waals surface area contributed by atoms with Gasteiger partial charge >= 0.3 is 5.88 Å². The largest absolute Gasteiger partial charge is 0.494 e. The van der Waals surface area contributed by atoms with Crippen LogP contribution in [0.25, 0.3) is 0 Å². The van der Waals surface area contributed by atoms with Crippen LogP contribution in [-0.2, 0) is 0 Å². The normalized spacial score (nSPS) is 10.6. The minimum absolute atomic E-state index is 0.165. The van der Waals surface area contributed by atoms with Gasteiger partial charge in [-0.1, -0.05) is 0 Å². The van der Waals surface area contributed by atoms with Crippen molar-refractivity contribution in [1.82, 2.24) is 5.43 Å². The first-order valence-electron chi connectivity index (χ1n) is 6.40. The Hall–Kier alpha value is -3.16. The molecule has 0 radical (unpaired) electrons. The summed E-state index contributed by atoms with van der Waals surface area (Å²) in [5, 5.41) is 14.1. The average Bonchev–Trinajstić information content (AvgIpc) is 2.97. The molecule has 0 saturated heterocycles. The third-order valence-corrected chi connectivity index (χ3v) is 2.58. The number of hydrogen-bond acceptors (Lipinski definition) is 6. The fourth-order valence-electron chi connectivity index (χ4n) is 1.60. The minimum atomic E-state index is -0.657. The van der Waals surface area contributed by atoms with Gasteiger partial charge in [-0.05, 0) is 37.3 Å². The van der Waals surface area contributed by atoms with E-state index in [1.54, 1.807) is 24.3 Å². The van der Waals surface area contributed by atoms with E-state index < -0.39 is 10.8 Å².